The Kier molecular flexibility index (Phi) is 3.71. The van der Waals surface area contributed by atoms with Crippen LogP contribution < -0.4 is 0 Å². The molecule has 2 aromatic rings. The second-order valence-corrected chi connectivity index (χ2v) is 4.13. The topological polar surface area (TPSA) is 66.8 Å². The largest absolute Gasteiger partial charge is 0.504 e. The number of carbonyl (C=O) groups excluding carboxylic acids is 1. The van der Waals surface area contributed by atoms with Gasteiger partial charge in [-0.2, -0.15) is 0 Å². The summed E-state index contributed by atoms with van der Waals surface area (Å²) in [6.07, 6.45) is -0.435. The molecule has 4 nitrogen and oxygen atoms in total. The van der Waals surface area contributed by atoms with Gasteiger partial charge in [0.1, 0.15) is 11.7 Å². The van der Waals surface area contributed by atoms with E-state index in [0.717, 1.165) is 5.56 Å². The van der Waals surface area contributed by atoms with Crippen molar-refractivity contribution in [1.29, 1.82) is 0 Å². The highest BCUT2D eigenvalue weighted by atomic mass is 16.5. The van der Waals surface area contributed by atoms with Crippen LogP contribution in [0.5, 0.6) is 11.5 Å². The predicted molar refractivity (Wildman–Crippen MR) is 70.0 cm³/mol. The molecule has 0 radical (unpaired) electrons. The second-order valence-electron chi connectivity index (χ2n) is 4.13. The number of hydrogen-bond acceptors (Lipinski definition) is 4. The van der Waals surface area contributed by atoms with Gasteiger partial charge in [-0.05, 0) is 24.6 Å². The van der Waals surface area contributed by atoms with Crippen LogP contribution in [-0.2, 0) is 4.74 Å². The van der Waals surface area contributed by atoms with Gasteiger partial charge in [0.05, 0.1) is 0 Å². The summed E-state index contributed by atoms with van der Waals surface area (Å²) in [6.45, 7) is 1.74. The summed E-state index contributed by atoms with van der Waals surface area (Å²) in [4.78, 5) is 11.9. The zero-order valence-electron chi connectivity index (χ0n) is 10.4. The third-order valence-electron chi connectivity index (χ3n) is 2.79. The zero-order chi connectivity index (χ0) is 13.8. The minimum Gasteiger partial charge on any atom is -0.504 e. The summed E-state index contributed by atoms with van der Waals surface area (Å²) in [5.74, 6) is -1.49. The van der Waals surface area contributed by atoms with Gasteiger partial charge in [-0.1, -0.05) is 36.4 Å². The van der Waals surface area contributed by atoms with Crippen LogP contribution >= 0.6 is 0 Å². The van der Waals surface area contributed by atoms with E-state index in [1.165, 1.54) is 18.2 Å². The van der Waals surface area contributed by atoms with Crippen molar-refractivity contribution in [3.05, 3.63) is 59.7 Å². The van der Waals surface area contributed by atoms with E-state index in [4.69, 9.17) is 4.74 Å². The molecule has 19 heavy (non-hydrogen) atoms. The molecule has 2 rings (SSSR count). The minimum atomic E-state index is -0.676. The van der Waals surface area contributed by atoms with Crippen molar-refractivity contribution in [2.45, 2.75) is 13.0 Å². The number of benzene rings is 2. The molecule has 0 aliphatic carbocycles. The second kappa shape index (κ2) is 5.44. The fourth-order valence-electron chi connectivity index (χ4n) is 1.71. The molecule has 0 aromatic heterocycles. The number of carbonyl (C=O) groups is 1. The lowest BCUT2D eigenvalue weighted by atomic mass is 10.1. The Bertz CT molecular complexity index is 578. The molecule has 4 heteroatoms. The van der Waals surface area contributed by atoms with Gasteiger partial charge in [-0.25, -0.2) is 4.79 Å². The number of hydrogen-bond donors (Lipinski definition) is 2. The van der Waals surface area contributed by atoms with E-state index in [0.29, 0.717) is 0 Å². The van der Waals surface area contributed by atoms with Crippen molar-refractivity contribution in [1.82, 2.24) is 0 Å². The van der Waals surface area contributed by atoms with E-state index in [2.05, 4.69) is 0 Å². The van der Waals surface area contributed by atoms with Gasteiger partial charge in [-0.15, -0.1) is 0 Å². The average molecular weight is 258 g/mol. The fourth-order valence-corrected chi connectivity index (χ4v) is 1.71. The van der Waals surface area contributed by atoms with Crippen LogP contribution in [0.1, 0.15) is 28.9 Å². The van der Waals surface area contributed by atoms with E-state index in [9.17, 15) is 15.0 Å². The van der Waals surface area contributed by atoms with E-state index >= 15 is 0 Å². The Hall–Kier alpha value is -2.49. The van der Waals surface area contributed by atoms with Crippen LogP contribution in [0.4, 0.5) is 0 Å². The van der Waals surface area contributed by atoms with Gasteiger partial charge in [0.15, 0.2) is 11.5 Å². The highest BCUT2D eigenvalue weighted by Crippen LogP contribution is 2.30. The lowest BCUT2D eigenvalue weighted by Gasteiger charge is -2.14. The Morgan fingerprint density at radius 3 is 2.42 bits per heavy atom. The van der Waals surface area contributed by atoms with Crippen LogP contribution in [0.2, 0.25) is 0 Å². The smallest absolute Gasteiger partial charge is 0.342 e. The van der Waals surface area contributed by atoms with E-state index in [1.807, 2.05) is 30.3 Å². The molecule has 2 aromatic carbocycles. The summed E-state index contributed by atoms with van der Waals surface area (Å²) in [5.41, 5.74) is 0.804. The Morgan fingerprint density at radius 1 is 1.05 bits per heavy atom. The number of rotatable bonds is 3. The van der Waals surface area contributed by atoms with Gasteiger partial charge >= 0.3 is 5.97 Å². The number of ether oxygens (including phenoxy) is 1. The van der Waals surface area contributed by atoms with Crippen molar-refractivity contribution in [2.75, 3.05) is 0 Å². The number of phenolic OH excluding ortho intramolecular Hbond substituents is 2. The maximum absolute atomic E-state index is 11.9. The zero-order valence-corrected chi connectivity index (χ0v) is 10.4. The number of para-hydroxylation sites is 1. The van der Waals surface area contributed by atoms with E-state index in [1.54, 1.807) is 6.92 Å². The molecule has 98 valence electrons. The minimum absolute atomic E-state index is 0.0530. The van der Waals surface area contributed by atoms with Gasteiger partial charge < -0.3 is 14.9 Å². The molecular weight excluding hydrogens is 244 g/mol. The first-order valence-electron chi connectivity index (χ1n) is 5.86. The number of aromatic hydroxyl groups is 2. The van der Waals surface area contributed by atoms with Crippen LogP contribution in [-0.4, -0.2) is 16.2 Å². The van der Waals surface area contributed by atoms with Crippen molar-refractivity contribution in [2.24, 2.45) is 0 Å². The first-order chi connectivity index (χ1) is 9.09. The quantitative estimate of drug-likeness (QED) is 0.656. The van der Waals surface area contributed by atoms with Crippen molar-refractivity contribution >= 4 is 5.97 Å². The predicted octanol–water partition coefficient (Wildman–Crippen LogP) is 3.02. The molecule has 1 atom stereocenters. The highest BCUT2D eigenvalue weighted by molar-refractivity contribution is 5.93. The summed E-state index contributed by atoms with van der Waals surface area (Å²) in [6, 6.07) is 13.4. The normalized spacial score (nSPS) is 11.8. The molecule has 0 spiro atoms. The monoisotopic (exact) mass is 258 g/mol. The van der Waals surface area contributed by atoms with Crippen LogP contribution in [0.25, 0.3) is 0 Å². The van der Waals surface area contributed by atoms with Gasteiger partial charge in [-0.3, -0.25) is 0 Å². The molecule has 0 amide bonds. The van der Waals surface area contributed by atoms with Crippen molar-refractivity contribution < 1.29 is 19.7 Å². The number of phenols is 2. The van der Waals surface area contributed by atoms with Gasteiger partial charge in [0, 0.05) is 0 Å². The van der Waals surface area contributed by atoms with E-state index < -0.39 is 17.8 Å². The first-order valence-corrected chi connectivity index (χ1v) is 5.86. The molecule has 0 unspecified atom stereocenters. The lowest BCUT2D eigenvalue weighted by molar-refractivity contribution is 0.0334. The average Bonchev–Trinajstić information content (AvgIpc) is 2.42. The van der Waals surface area contributed by atoms with Gasteiger partial charge in [0.25, 0.3) is 0 Å². The SMILES string of the molecule is C[C@H](OC(=O)c1cccc(O)c1O)c1ccccc1. The maximum atomic E-state index is 11.9. The lowest BCUT2D eigenvalue weighted by Crippen LogP contribution is -2.09. The summed E-state index contributed by atoms with van der Waals surface area (Å²) in [7, 11) is 0. The molecule has 0 fully saturated rings. The summed E-state index contributed by atoms with van der Waals surface area (Å²) >= 11 is 0. The fraction of sp³-hybridized carbons (Fsp3) is 0.133. The Labute approximate surface area is 110 Å². The van der Waals surface area contributed by atoms with Crippen molar-refractivity contribution in [3.63, 3.8) is 0 Å². The number of esters is 1. The molecule has 0 saturated carbocycles. The summed E-state index contributed by atoms with van der Waals surface area (Å²) < 4.78 is 5.25. The van der Waals surface area contributed by atoms with Crippen LogP contribution in [0.3, 0.4) is 0 Å². The third kappa shape index (κ3) is 2.85. The van der Waals surface area contributed by atoms with E-state index in [-0.39, 0.29) is 11.3 Å². The Balaban J connectivity index is 2.16. The first kappa shape index (κ1) is 13.0. The Morgan fingerprint density at radius 2 is 1.74 bits per heavy atom. The summed E-state index contributed by atoms with van der Waals surface area (Å²) in [5, 5.41) is 18.9. The highest BCUT2D eigenvalue weighted by Gasteiger charge is 2.18. The third-order valence-corrected chi connectivity index (χ3v) is 2.79. The molecule has 0 heterocycles. The molecule has 0 bridgehead atoms. The molecule has 0 aliphatic rings. The molecule has 0 aliphatic heterocycles. The molecule has 0 saturated heterocycles. The van der Waals surface area contributed by atoms with Gasteiger partial charge in [0.2, 0.25) is 0 Å². The van der Waals surface area contributed by atoms with Crippen molar-refractivity contribution in [3.8, 4) is 11.5 Å². The van der Waals surface area contributed by atoms with Crippen LogP contribution in [0.15, 0.2) is 48.5 Å². The maximum Gasteiger partial charge on any atom is 0.342 e. The molecular formula is C15H14O4. The standard InChI is InChI=1S/C15H14O4/c1-10(11-6-3-2-4-7-11)19-15(18)12-8-5-9-13(16)14(12)17/h2-10,16-17H,1H3/t10-/m0/s1. The molecule has 2 N–H and O–H groups in total. The van der Waals surface area contributed by atoms with Crippen LogP contribution in [0, 0.1) is 0 Å².